The van der Waals surface area contributed by atoms with Crippen molar-refractivity contribution < 1.29 is 5.11 Å². The summed E-state index contributed by atoms with van der Waals surface area (Å²) in [5.74, 6) is 0.289. The van der Waals surface area contributed by atoms with Crippen LogP contribution in [0.3, 0.4) is 0 Å². The van der Waals surface area contributed by atoms with Gasteiger partial charge < -0.3 is 5.11 Å². The van der Waals surface area contributed by atoms with Gasteiger partial charge in [0.1, 0.15) is 5.75 Å². The predicted molar refractivity (Wildman–Crippen MR) is 84.0 cm³/mol. The Bertz CT molecular complexity index is 605. The minimum atomic E-state index is 0.289. The molecule has 0 saturated carbocycles. The van der Waals surface area contributed by atoms with E-state index in [-0.39, 0.29) is 5.75 Å². The normalized spacial score (nSPS) is 11.1. The topological polar surface area (TPSA) is 32.6 Å². The van der Waals surface area contributed by atoms with Gasteiger partial charge in [-0.2, -0.15) is 0 Å². The van der Waals surface area contributed by atoms with Gasteiger partial charge in [0.05, 0.1) is 9.26 Å². The average Bonchev–Trinajstić information content (AvgIpc) is 2.32. The summed E-state index contributed by atoms with van der Waals surface area (Å²) in [5, 5.41) is 9.96. The van der Waals surface area contributed by atoms with Gasteiger partial charge in [-0.1, -0.05) is 12.1 Å². The number of hydrogen-bond donors (Lipinski definition) is 1. The second-order valence-electron chi connectivity index (χ2n) is 4.28. The lowest BCUT2D eigenvalue weighted by Crippen LogP contribution is -1.87. The molecule has 3 heteroatoms. The van der Waals surface area contributed by atoms with Gasteiger partial charge in [0.2, 0.25) is 0 Å². The van der Waals surface area contributed by atoms with Gasteiger partial charge in [0.25, 0.3) is 0 Å². The Morgan fingerprint density at radius 1 is 1.11 bits per heavy atom. The van der Waals surface area contributed by atoms with Crippen LogP contribution in [0.15, 0.2) is 41.4 Å². The maximum absolute atomic E-state index is 9.96. The van der Waals surface area contributed by atoms with Crippen LogP contribution in [0.2, 0.25) is 0 Å². The van der Waals surface area contributed by atoms with E-state index < -0.39 is 0 Å². The summed E-state index contributed by atoms with van der Waals surface area (Å²) < 4.78 is 0.846. The molecule has 0 aliphatic carbocycles. The van der Waals surface area contributed by atoms with Crippen molar-refractivity contribution in [3.8, 4) is 5.75 Å². The summed E-state index contributed by atoms with van der Waals surface area (Å²) in [7, 11) is 0. The summed E-state index contributed by atoms with van der Waals surface area (Å²) in [6.45, 7) is 4.04. The van der Waals surface area contributed by atoms with Crippen LogP contribution in [-0.4, -0.2) is 11.3 Å². The number of phenolic OH excluding ortho intramolecular Hbond substituents is 1. The summed E-state index contributed by atoms with van der Waals surface area (Å²) in [5.41, 5.74) is 3.93. The zero-order valence-electron chi connectivity index (χ0n) is 10.3. The number of hydrogen-bond acceptors (Lipinski definition) is 2. The predicted octanol–water partition coefficient (Wildman–Crippen LogP) is 4.36. The molecule has 18 heavy (non-hydrogen) atoms. The Morgan fingerprint density at radius 3 is 2.61 bits per heavy atom. The van der Waals surface area contributed by atoms with E-state index in [2.05, 4.69) is 27.6 Å². The molecule has 0 saturated heterocycles. The van der Waals surface area contributed by atoms with Gasteiger partial charge in [0, 0.05) is 11.8 Å². The smallest absolute Gasteiger partial charge is 0.137 e. The van der Waals surface area contributed by atoms with Crippen LogP contribution >= 0.6 is 22.6 Å². The molecule has 92 valence electrons. The minimum Gasteiger partial charge on any atom is -0.506 e. The highest BCUT2D eigenvalue weighted by Crippen LogP contribution is 2.25. The van der Waals surface area contributed by atoms with E-state index in [1.807, 2.05) is 50.2 Å². The third kappa shape index (κ3) is 3.10. The van der Waals surface area contributed by atoms with Crippen LogP contribution in [0.25, 0.3) is 0 Å². The Labute approximate surface area is 121 Å². The molecule has 2 nitrogen and oxygen atoms in total. The molecule has 0 spiro atoms. The van der Waals surface area contributed by atoms with E-state index in [9.17, 15) is 5.11 Å². The quantitative estimate of drug-likeness (QED) is 0.633. The van der Waals surface area contributed by atoms with Crippen molar-refractivity contribution >= 4 is 34.5 Å². The Morgan fingerprint density at radius 2 is 1.89 bits per heavy atom. The van der Waals surface area contributed by atoms with Gasteiger partial charge in [0.15, 0.2) is 0 Å². The van der Waals surface area contributed by atoms with Crippen LogP contribution in [0.5, 0.6) is 5.75 Å². The largest absolute Gasteiger partial charge is 0.506 e. The molecule has 0 fully saturated rings. The molecule has 0 unspecified atom stereocenters. The first-order valence-corrected chi connectivity index (χ1v) is 6.74. The van der Waals surface area contributed by atoms with Gasteiger partial charge in [-0.3, -0.25) is 4.99 Å². The van der Waals surface area contributed by atoms with Crippen molar-refractivity contribution in [2.45, 2.75) is 13.8 Å². The summed E-state index contributed by atoms with van der Waals surface area (Å²) >= 11 is 2.12. The molecule has 2 aromatic rings. The van der Waals surface area contributed by atoms with Crippen molar-refractivity contribution in [3.63, 3.8) is 0 Å². The number of rotatable bonds is 2. The molecule has 0 aliphatic heterocycles. The van der Waals surface area contributed by atoms with Crippen LogP contribution in [-0.2, 0) is 0 Å². The van der Waals surface area contributed by atoms with Gasteiger partial charge in [-0.25, -0.2) is 0 Å². The highest BCUT2D eigenvalue weighted by Gasteiger charge is 2.04. The minimum absolute atomic E-state index is 0.289. The van der Waals surface area contributed by atoms with Crippen molar-refractivity contribution in [1.82, 2.24) is 0 Å². The van der Waals surface area contributed by atoms with Crippen LogP contribution in [0.1, 0.15) is 16.7 Å². The van der Waals surface area contributed by atoms with E-state index in [1.54, 1.807) is 6.21 Å². The Balaban J connectivity index is 2.34. The third-order valence-electron chi connectivity index (χ3n) is 2.59. The van der Waals surface area contributed by atoms with E-state index >= 15 is 0 Å². The number of benzene rings is 2. The molecule has 0 radical (unpaired) electrons. The maximum atomic E-state index is 9.96. The SMILES string of the molecule is Cc1cccc(N=Cc2cc(C)cc(I)c2O)c1. The molecule has 0 amide bonds. The van der Waals surface area contributed by atoms with Gasteiger partial charge in [-0.05, 0) is 71.8 Å². The lowest BCUT2D eigenvalue weighted by Gasteiger charge is -2.03. The maximum Gasteiger partial charge on any atom is 0.137 e. The second kappa shape index (κ2) is 5.52. The highest BCUT2D eigenvalue weighted by atomic mass is 127. The third-order valence-corrected chi connectivity index (χ3v) is 3.41. The summed E-state index contributed by atoms with van der Waals surface area (Å²) in [6, 6.07) is 11.8. The molecule has 0 heterocycles. The van der Waals surface area contributed by atoms with E-state index in [4.69, 9.17) is 0 Å². The van der Waals surface area contributed by atoms with Crippen molar-refractivity contribution in [1.29, 1.82) is 0 Å². The fraction of sp³-hybridized carbons (Fsp3) is 0.133. The lowest BCUT2D eigenvalue weighted by molar-refractivity contribution is 0.470. The van der Waals surface area contributed by atoms with Gasteiger partial charge >= 0.3 is 0 Å². The second-order valence-corrected chi connectivity index (χ2v) is 5.44. The molecule has 0 atom stereocenters. The number of aryl methyl sites for hydroxylation is 2. The molecule has 0 bridgehead atoms. The zero-order valence-corrected chi connectivity index (χ0v) is 12.5. The fourth-order valence-corrected chi connectivity index (χ4v) is 2.51. The number of halogens is 1. The molecular weight excluding hydrogens is 337 g/mol. The molecule has 1 N–H and O–H groups in total. The van der Waals surface area contributed by atoms with E-state index in [0.29, 0.717) is 0 Å². The summed E-state index contributed by atoms with van der Waals surface area (Å²) in [4.78, 5) is 4.39. The van der Waals surface area contributed by atoms with E-state index in [0.717, 1.165) is 20.4 Å². The van der Waals surface area contributed by atoms with Crippen LogP contribution < -0.4 is 0 Å². The fourth-order valence-electron chi connectivity index (χ4n) is 1.71. The first-order valence-electron chi connectivity index (χ1n) is 5.66. The van der Waals surface area contributed by atoms with Crippen molar-refractivity contribution in [2.75, 3.05) is 0 Å². The molecule has 0 aliphatic rings. The lowest BCUT2D eigenvalue weighted by atomic mass is 10.1. The standard InChI is InChI=1S/C15H14INO/c1-10-4-3-5-13(7-10)17-9-12-6-11(2)8-14(16)15(12)18/h3-9,18H,1-2H3. The van der Waals surface area contributed by atoms with Gasteiger partial charge in [-0.15, -0.1) is 0 Å². The Hall–Kier alpha value is -1.36. The molecular formula is C15H14INO. The number of nitrogens with zero attached hydrogens (tertiary/aromatic N) is 1. The molecule has 0 aromatic heterocycles. The van der Waals surface area contributed by atoms with Crippen LogP contribution in [0.4, 0.5) is 5.69 Å². The Kier molecular flexibility index (Phi) is 4.01. The van der Waals surface area contributed by atoms with Crippen molar-refractivity contribution in [2.24, 2.45) is 4.99 Å². The number of aliphatic imine (C=N–C) groups is 1. The average molecular weight is 351 g/mol. The molecule has 2 rings (SSSR count). The number of phenols is 1. The monoisotopic (exact) mass is 351 g/mol. The van der Waals surface area contributed by atoms with Crippen molar-refractivity contribution in [3.05, 3.63) is 56.7 Å². The summed E-state index contributed by atoms with van der Waals surface area (Å²) in [6.07, 6.45) is 1.71. The zero-order chi connectivity index (χ0) is 13.1. The molecule has 2 aromatic carbocycles. The first-order chi connectivity index (χ1) is 8.56. The van der Waals surface area contributed by atoms with E-state index in [1.165, 1.54) is 5.56 Å². The highest BCUT2D eigenvalue weighted by molar-refractivity contribution is 14.1. The van der Waals surface area contributed by atoms with Crippen LogP contribution in [0, 0.1) is 17.4 Å². The number of aromatic hydroxyl groups is 1. The first kappa shape index (κ1) is 13.1.